The molecule has 4 atom stereocenters. The first-order chi connectivity index (χ1) is 20.4. The molecule has 1 saturated heterocycles. The Balaban J connectivity index is 1.58. The molecule has 10 nitrogen and oxygen atoms in total. The normalized spacial score (nSPS) is 28.2. The van der Waals surface area contributed by atoms with E-state index in [1.165, 1.54) is 6.07 Å². The fourth-order valence-electron chi connectivity index (χ4n) is 7.88. The fraction of sp³-hybridized carbons (Fsp3) is 0.567. The molecule has 1 aromatic rings. The van der Waals surface area contributed by atoms with Crippen molar-refractivity contribution >= 4 is 30.3 Å². The van der Waals surface area contributed by atoms with Gasteiger partial charge in [0.1, 0.15) is 0 Å². The molecule has 3 aliphatic carbocycles. The molecule has 0 bridgehead atoms. The predicted molar refractivity (Wildman–Crippen MR) is 159 cm³/mol. The number of likely N-dealkylation sites (tertiary alicyclic amines) is 1. The van der Waals surface area contributed by atoms with Gasteiger partial charge in [-0.05, 0) is 12.8 Å². The molecule has 1 fully saturated rings. The van der Waals surface area contributed by atoms with E-state index in [9.17, 15) is 43.2 Å². The zero-order valence-corrected chi connectivity index (χ0v) is 25.2. The summed E-state index contributed by atoms with van der Waals surface area (Å²) < 4.78 is 39.7. The maximum atomic E-state index is 14.1. The van der Waals surface area contributed by atoms with Crippen molar-refractivity contribution in [2.45, 2.75) is 50.0 Å². The molecule has 5 rings (SSSR count). The Morgan fingerprint density at radius 1 is 1.16 bits per heavy atom. The molecule has 1 heterocycles. The average Bonchev–Trinajstić information content (AvgIpc) is 2.89. The molecule has 238 valence electrons. The number of aromatic hydroxyl groups is 1. The molecule has 0 saturated carbocycles. The average molecular weight is 618 g/mol. The molecular formula is C30H38BF3N4O6. The Bertz CT molecular complexity index is 1500. The summed E-state index contributed by atoms with van der Waals surface area (Å²) in [5.41, 5.74) is 4.20. The van der Waals surface area contributed by atoms with Crippen molar-refractivity contribution in [2.75, 3.05) is 46.2 Å². The van der Waals surface area contributed by atoms with E-state index in [4.69, 9.17) is 5.73 Å². The van der Waals surface area contributed by atoms with Gasteiger partial charge in [0, 0.05) is 0 Å². The van der Waals surface area contributed by atoms with Crippen LogP contribution >= 0.6 is 0 Å². The number of aliphatic hydroxyl groups excluding tert-OH is 2. The monoisotopic (exact) mass is 618 g/mol. The van der Waals surface area contributed by atoms with Gasteiger partial charge in [-0.2, -0.15) is 13.2 Å². The number of fused-ring (bicyclic) bond motifs is 3. The Morgan fingerprint density at radius 2 is 1.77 bits per heavy atom. The molecule has 1 aromatic carbocycles. The molecule has 1 amide bonds. The first-order valence-corrected chi connectivity index (χ1v) is 14.5. The zero-order chi connectivity index (χ0) is 32.6. The second-order valence-electron chi connectivity index (χ2n) is 12.9. The number of primary amides is 1. The Labute approximate surface area is 254 Å². The number of rotatable bonds is 5. The van der Waals surface area contributed by atoms with E-state index in [0.717, 1.165) is 0 Å². The SMILES string of the molecule is B=C1C(C(N)=O)=C(O)[C@@H](N(C)C)[C@@H]2C[C@@H]3Cc4c(c(O)cc(CN5CCC(C(F)(F)F)CC5)c4N(C)C)C(=O)C3=C(O)[C@]12O. The van der Waals surface area contributed by atoms with Crippen LogP contribution in [0.15, 0.2) is 28.7 Å². The van der Waals surface area contributed by atoms with Crippen LogP contribution in [0.4, 0.5) is 18.9 Å². The number of likely N-dealkylation sites (N-methyl/N-ethyl adjacent to an activating group) is 1. The van der Waals surface area contributed by atoms with Gasteiger partial charge in [-0.1, -0.05) is 0 Å². The summed E-state index contributed by atoms with van der Waals surface area (Å²) in [6.45, 7) is 0.736. The number of piperidine rings is 1. The standard InChI is InChI=1S/C30H38BF3N4O6/c1-36(2)22-14(12-38-7-5-15(6-8-38)30(32,33)34)11-18(39)20-16(22)9-13-10-17-23(37(3)4)25(41)21(28(35)43)26(31)29(17,44)27(42)19(13)24(20)40/h11,13,15,17,23,31,39,41-42,44H,5-10,12H2,1-4H3,(H2,35,43)/t13-,17-,23-,29+/m0/s1. The van der Waals surface area contributed by atoms with Gasteiger partial charge < -0.3 is 0 Å². The van der Waals surface area contributed by atoms with Gasteiger partial charge in [0.25, 0.3) is 0 Å². The number of amides is 1. The first-order valence-electron chi connectivity index (χ1n) is 14.5. The minimum absolute atomic E-state index is 0.0207. The number of benzene rings is 1. The zero-order valence-electron chi connectivity index (χ0n) is 25.2. The number of carbonyl (C=O) groups is 2. The van der Waals surface area contributed by atoms with Crippen molar-refractivity contribution in [3.63, 3.8) is 0 Å². The van der Waals surface area contributed by atoms with E-state index in [0.29, 0.717) is 16.8 Å². The number of aliphatic hydroxyl groups is 3. The topological polar surface area (TPSA) is 151 Å². The summed E-state index contributed by atoms with van der Waals surface area (Å²) in [6, 6.07) is 0.495. The molecule has 0 radical (unpaired) electrons. The molecule has 4 aliphatic rings. The summed E-state index contributed by atoms with van der Waals surface area (Å²) in [5.74, 6) is -6.04. The van der Waals surface area contributed by atoms with Crippen molar-refractivity contribution in [1.82, 2.24) is 9.80 Å². The number of Topliss-reactive ketones (excluding diaryl/α,β-unsaturated/α-hetero) is 1. The summed E-state index contributed by atoms with van der Waals surface area (Å²) in [5, 5.41) is 45.9. The number of halogens is 3. The van der Waals surface area contributed by atoms with Gasteiger partial charge in [0.15, 0.2) is 0 Å². The third kappa shape index (κ3) is 4.82. The number of phenols is 1. The number of ketones is 1. The third-order valence-corrected chi connectivity index (χ3v) is 9.85. The van der Waals surface area contributed by atoms with E-state index in [1.54, 1.807) is 38.0 Å². The van der Waals surface area contributed by atoms with Crippen molar-refractivity contribution in [1.29, 1.82) is 0 Å². The Hall–Kier alpha value is -3.36. The second kappa shape index (κ2) is 10.9. The second-order valence-corrected chi connectivity index (χ2v) is 12.9. The van der Waals surface area contributed by atoms with Gasteiger partial charge >= 0.3 is 222 Å². The molecule has 14 heteroatoms. The number of nitrogens with zero attached hydrogens (tertiary/aromatic N) is 3. The van der Waals surface area contributed by atoms with Crippen LogP contribution in [-0.2, 0) is 17.8 Å². The molecule has 0 aromatic heterocycles. The van der Waals surface area contributed by atoms with Crippen LogP contribution < -0.4 is 10.6 Å². The number of anilines is 1. The number of phenolic OH excluding ortho intramolecular Hbond substituents is 1. The Kier molecular flexibility index (Phi) is 7.95. The molecule has 44 heavy (non-hydrogen) atoms. The quantitative estimate of drug-likeness (QED) is 0.309. The van der Waals surface area contributed by atoms with E-state index >= 15 is 0 Å². The summed E-state index contributed by atoms with van der Waals surface area (Å²) in [4.78, 5) is 31.7. The van der Waals surface area contributed by atoms with Gasteiger partial charge in [0.05, 0.1) is 5.92 Å². The predicted octanol–water partition coefficient (Wildman–Crippen LogP) is 1.47. The maximum absolute atomic E-state index is 14.1. The fourth-order valence-corrected chi connectivity index (χ4v) is 7.88. The van der Waals surface area contributed by atoms with Crippen LogP contribution in [0.3, 0.4) is 0 Å². The minimum atomic E-state index is -4.24. The molecule has 1 aliphatic heterocycles. The van der Waals surface area contributed by atoms with E-state index in [-0.39, 0.29) is 73.4 Å². The summed E-state index contributed by atoms with van der Waals surface area (Å²) >= 11 is 0. The van der Waals surface area contributed by atoms with Crippen molar-refractivity contribution in [3.05, 3.63) is 45.4 Å². The van der Waals surface area contributed by atoms with Crippen LogP contribution in [0.5, 0.6) is 5.75 Å². The summed E-state index contributed by atoms with van der Waals surface area (Å²) in [7, 11) is 10.6. The van der Waals surface area contributed by atoms with Crippen molar-refractivity contribution < 1.29 is 43.2 Å². The molecule has 0 unspecified atom stereocenters. The van der Waals surface area contributed by atoms with Gasteiger partial charge in [-0.15, -0.1) is 0 Å². The van der Waals surface area contributed by atoms with Gasteiger partial charge in [-0.3, -0.25) is 0 Å². The summed E-state index contributed by atoms with van der Waals surface area (Å²) in [6.07, 6.45) is -3.97. The third-order valence-electron chi connectivity index (χ3n) is 9.85. The van der Waals surface area contributed by atoms with Crippen molar-refractivity contribution in [3.8, 4) is 5.75 Å². The number of alkyl halides is 3. The van der Waals surface area contributed by atoms with Crippen LogP contribution in [-0.4, -0.2) is 114 Å². The number of hydrogen-bond acceptors (Lipinski definition) is 9. The number of hydrogen-bond donors (Lipinski definition) is 5. The van der Waals surface area contributed by atoms with Gasteiger partial charge in [-0.25, -0.2) is 0 Å². The molecule has 6 N–H and O–H groups in total. The van der Waals surface area contributed by atoms with E-state index < -0.39 is 58.6 Å². The van der Waals surface area contributed by atoms with E-state index in [2.05, 4.69) is 7.49 Å². The Morgan fingerprint density at radius 3 is 2.30 bits per heavy atom. The van der Waals surface area contributed by atoms with Crippen LogP contribution in [0.2, 0.25) is 0 Å². The van der Waals surface area contributed by atoms with Crippen molar-refractivity contribution in [2.24, 2.45) is 23.5 Å². The number of allylic oxidation sites excluding steroid dienone is 1. The molecular weight excluding hydrogens is 580 g/mol. The van der Waals surface area contributed by atoms with Crippen LogP contribution in [0, 0.1) is 17.8 Å². The molecule has 0 spiro atoms. The number of nitrogens with two attached hydrogens (primary N) is 1. The van der Waals surface area contributed by atoms with Gasteiger partial charge in [0.2, 0.25) is 0 Å². The van der Waals surface area contributed by atoms with E-state index in [1.807, 2.05) is 4.90 Å². The first kappa shape index (κ1) is 32.1. The van der Waals surface area contributed by atoms with Crippen LogP contribution in [0.1, 0.15) is 40.7 Å². The van der Waals surface area contributed by atoms with Crippen LogP contribution in [0.25, 0.3) is 0 Å². The number of carbonyl (C=O) groups excluding carboxylic acids is 2.